The summed E-state index contributed by atoms with van der Waals surface area (Å²) in [5.74, 6) is 0.390. The molecular weight excluding hydrogens is 206 g/mol. The van der Waals surface area contributed by atoms with Gasteiger partial charge in [0, 0.05) is 6.54 Å². The van der Waals surface area contributed by atoms with E-state index in [1.54, 1.807) is 6.07 Å². The van der Waals surface area contributed by atoms with Crippen molar-refractivity contribution < 1.29 is 14.3 Å². The van der Waals surface area contributed by atoms with Crippen LogP contribution in [0.3, 0.4) is 0 Å². The molecule has 1 heterocycles. The quantitative estimate of drug-likeness (QED) is 0.808. The maximum absolute atomic E-state index is 10.7. The van der Waals surface area contributed by atoms with Gasteiger partial charge in [-0.25, -0.2) is 4.79 Å². The lowest BCUT2D eigenvalue weighted by atomic mass is 10.1. The largest absolute Gasteiger partial charge is 0.478 e. The number of nitrogens with zero attached hydrogens (tertiary/aromatic N) is 1. The van der Waals surface area contributed by atoms with Crippen LogP contribution in [0.2, 0.25) is 0 Å². The fourth-order valence-corrected chi connectivity index (χ4v) is 1.57. The molecule has 1 aromatic heterocycles. The van der Waals surface area contributed by atoms with Gasteiger partial charge in [-0.1, -0.05) is 20.3 Å². The molecule has 0 radical (unpaired) electrons. The molecule has 0 amide bonds. The van der Waals surface area contributed by atoms with Crippen LogP contribution in [0, 0.1) is 5.92 Å². The summed E-state index contributed by atoms with van der Waals surface area (Å²) in [4.78, 5) is 12.8. The molecular formula is C12H19NO3. The molecule has 0 saturated heterocycles. The van der Waals surface area contributed by atoms with Gasteiger partial charge in [-0.3, -0.25) is 4.90 Å². The topological polar surface area (TPSA) is 53.7 Å². The van der Waals surface area contributed by atoms with E-state index in [0.717, 1.165) is 13.0 Å². The average molecular weight is 225 g/mol. The molecule has 1 atom stereocenters. The number of carboxylic acids is 1. The van der Waals surface area contributed by atoms with Gasteiger partial charge in [-0.05, 0) is 19.0 Å². The van der Waals surface area contributed by atoms with Gasteiger partial charge in [-0.2, -0.15) is 0 Å². The summed E-state index contributed by atoms with van der Waals surface area (Å²) in [6.07, 6.45) is 2.43. The zero-order valence-electron chi connectivity index (χ0n) is 10.1. The van der Waals surface area contributed by atoms with Gasteiger partial charge in [0.05, 0.1) is 12.1 Å². The van der Waals surface area contributed by atoms with Gasteiger partial charge in [-0.15, -0.1) is 0 Å². The highest BCUT2D eigenvalue weighted by Gasteiger charge is 2.11. The van der Waals surface area contributed by atoms with Gasteiger partial charge in [0.15, 0.2) is 0 Å². The Morgan fingerprint density at radius 1 is 1.62 bits per heavy atom. The van der Waals surface area contributed by atoms with E-state index >= 15 is 0 Å². The zero-order valence-corrected chi connectivity index (χ0v) is 10.1. The van der Waals surface area contributed by atoms with Gasteiger partial charge < -0.3 is 9.52 Å². The minimum absolute atomic E-state index is 0.215. The summed E-state index contributed by atoms with van der Waals surface area (Å²) >= 11 is 0. The van der Waals surface area contributed by atoms with Crippen LogP contribution in [0.5, 0.6) is 0 Å². The van der Waals surface area contributed by atoms with Crippen LogP contribution < -0.4 is 0 Å². The monoisotopic (exact) mass is 225 g/mol. The summed E-state index contributed by atoms with van der Waals surface area (Å²) in [5.41, 5.74) is 0.215. The van der Waals surface area contributed by atoms with Crippen molar-refractivity contribution in [1.29, 1.82) is 0 Å². The summed E-state index contributed by atoms with van der Waals surface area (Å²) < 4.78 is 5.19. The first-order valence-electron chi connectivity index (χ1n) is 5.52. The smallest absolute Gasteiger partial charge is 0.338 e. The Balaban J connectivity index is 2.49. The fourth-order valence-electron chi connectivity index (χ4n) is 1.57. The van der Waals surface area contributed by atoms with Crippen LogP contribution in [0.25, 0.3) is 0 Å². The van der Waals surface area contributed by atoms with Crippen LogP contribution in [0.4, 0.5) is 0 Å². The van der Waals surface area contributed by atoms with Crippen molar-refractivity contribution in [2.45, 2.75) is 26.8 Å². The second kappa shape index (κ2) is 5.70. The molecule has 16 heavy (non-hydrogen) atoms. The predicted octanol–water partition coefficient (Wildman–Crippen LogP) is 2.46. The Bertz CT molecular complexity index is 346. The van der Waals surface area contributed by atoms with E-state index in [1.807, 2.05) is 7.05 Å². The zero-order chi connectivity index (χ0) is 12.1. The maximum Gasteiger partial charge on any atom is 0.338 e. The van der Waals surface area contributed by atoms with Gasteiger partial charge in [0.25, 0.3) is 0 Å². The molecule has 1 rings (SSSR count). The SMILES string of the molecule is CCC(C)CN(C)Cc1cc(C(=O)O)co1. The standard InChI is InChI=1S/C12H19NO3/c1-4-9(2)6-13(3)7-11-5-10(8-16-11)12(14)15/h5,8-9H,4,6-7H2,1-3H3,(H,14,15). The highest BCUT2D eigenvalue weighted by atomic mass is 16.4. The van der Waals surface area contributed by atoms with E-state index in [4.69, 9.17) is 9.52 Å². The number of hydrogen-bond acceptors (Lipinski definition) is 3. The maximum atomic E-state index is 10.7. The molecule has 0 bridgehead atoms. The third-order valence-corrected chi connectivity index (χ3v) is 2.65. The Morgan fingerprint density at radius 2 is 2.31 bits per heavy atom. The molecule has 0 aromatic carbocycles. The molecule has 1 aromatic rings. The lowest BCUT2D eigenvalue weighted by Crippen LogP contribution is -2.23. The van der Waals surface area contributed by atoms with Crippen LogP contribution in [-0.2, 0) is 6.54 Å². The van der Waals surface area contributed by atoms with Crippen molar-refractivity contribution >= 4 is 5.97 Å². The van der Waals surface area contributed by atoms with E-state index in [0.29, 0.717) is 18.2 Å². The molecule has 90 valence electrons. The molecule has 0 fully saturated rings. The summed E-state index contributed by atoms with van der Waals surface area (Å²) in [5, 5.41) is 8.74. The third-order valence-electron chi connectivity index (χ3n) is 2.65. The van der Waals surface area contributed by atoms with Crippen LogP contribution in [0.15, 0.2) is 16.7 Å². The molecule has 0 saturated carbocycles. The Kier molecular flexibility index (Phi) is 4.55. The molecule has 0 aliphatic carbocycles. The molecule has 1 unspecified atom stereocenters. The molecule has 0 spiro atoms. The van der Waals surface area contributed by atoms with Gasteiger partial charge in [0.2, 0.25) is 0 Å². The van der Waals surface area contributed by atoms with Gasteiger partial charge >= 0.3 is 5.97 Å². The van der Waals surface area contributed by atoms with E-state index < -0.39 is 5.97 Å². The highest BCUT2D eigenvalue weighted by Crippen LogP contribution is 2.11. The van der Waals surface area contributed by atoms with E-state index in [9.17, 15) is 4.79 Å². The highest BCUT2D eigenvalue weighted by molar-refractivity contribution is 5.87. The molecule has 1 N–H and O–H groups in total. The Morgan fingerprint density at radius 3 is 2.81 bits per heavy atom. The van der Waals surface area contributed by atoms with Crippen molar-refractivity contribution in [3.05, 3.63) is 23.7 Å². The number of hydrogen-bond donors (Lipinski definition) is 1. The fraction of sp³-hybridized carbons (Fsp3) is 0.583. The van der Waals surface area contributed by atoms with Crippen LogP contribution in [0.1, 0.15) is 36.4 Å². The lowest BCUT2D eigenvalue weighted by molar-refractivity contribution is 0.0696. The van der Waals surface area contributed by atoms with E-state index in [-0.39, 0.29) is 5.56 Å². The average Bonchev–Trinajstić information content (AvgIpc) is 2.65. The Labute approximate surface area is 95.9 Å². The number of aromatic carboxylic acids is 1. The minimum Gasteiger partial charge on any atom is -0.478 e. The first-order chi connectivity index (χ1) is 7.52. The third kappa shape index (κ3) is 3.70. The van der Waals surface area contributed by atoms with Crippen molar-refractivity contribution in [3.63, 3.8) is 0 Å². The normalized spacial score (nSPS) is 13.0. The lowest BCUT2D eigenvalue weighted by Gasteiger charge is -2.18. The number of furan rings is 1. The van der Waals surface area contributed by atoms with Crippen LogP contribution >= 0.6 is 0 Å². The van der Waals surface area contributed by atoms with Crippen LogP contribution in [-0.4, -0.2) is 29.6 Å². The molecule has 4 nitrogen and oxygen atoms in total. The van der Waals surface area contributed by atoms with E-state index in [1.165, 1.54) is 6.26 Å². The van der Waals surface area contributed by atoms with Crippen molar-refractivity contribution in [3.8, 4) is 0 Å². The molecule has 4 heteroatoms. The summed E-state index contributed by atoms with van der Waals surface area (Å²) in [7, 11) is 2.01. The first-order valence-corrected chi connectivity index (χ1v) is 5.52. The number of rotatable bonds is 6. The second-order valence-electron chi connectivity index (χ2n) is 4.32. The number of carbonyl (C=O) groups is 1. The Hall–Kier alpha value is -1.29. The van der Waals surface area contributed by atoms with Crippen molar-refractivity contribution in [2.24, 2.45) is 5.92 Å². The second-order valence-corrected chi connectivity index (χ2v) is 4.32. The summed E-state index contributed by atoms with van der Waals surface area (Å²) in [6, 6.07) is 1.58. The molecule has 0 aliphatic heterocycles. The number of carboxylic acid groups (broad SMARTS) is 1. The molecule has 0 aliphatic rings. The first kappa shape index (κ1) is 12.8. The summed E-state index contributed by atoms with van der Waals surface area (Å²) in [6.45, 7) is 5.99. The minimum atomic E-state index is -0.945. The van der Waals surface area contributed by atoms with Crippen molar-refractivity contribution in [2.75, 3.05) is 13.6 Å². The van der Waals surface area contributed by atoms with E-state index in [2.05, 4.69) is 18.7 Å². The predicted molar refractivity (Wildman–Crippen MR) is 61.5 cm³/mol. The van der Waals surface area contributed by atoms with Crippen molar-refractivity contribution in [1.82, 2.24) is 4.90 Å². The van der Waals surface area contributed by atoms with Gasteiger partial charge in [0.1, 0.15) is 12.0 Å².